The molecule has 20 heavy (non-hydrogen) atoms. The van der Waals surface area contributed by atoms with Gasteiger partial charge in [0.2, 0.25) is 0 Å². The van der Waals surface area contributed by atoms with Crippen LogP contribution in [-0.2, 0) is 0 Å². The Morgan fingerprint density at radius 1 is 1.10 bits per heavy atom. The first-order valence-electron chi connectivity index (χ1n) is 6.74. The average Bonchev–Trinajstić information content (AvgIpc) is 2.49. The predicted octanol–water partition coefficient (Wildman–Crippen LogP) is 3.34. The van der Waals surface area contributed by atoms with E-state index in [0.29, 0.717) is 6.61 Å². The molecule has 0 aliphatic carbocycles. The van der Waals surface area contributed by atoms with E-state index in [9.17, 15) is 0 Å². The molecule has 0 aliphatic rings. The van der Waals surface area contributed by atoms with Crippen molar-refractivity contribution < 1.29 is 9.47 Å². The van der Waals surface area contributed by atoms with Crippen LogP contribution in [0.1, 0.15) is 17.2 Å². The maximum absolute atomic E-state index is 5.83. The molecule has 0 radical (unpaired) electrons. The molecule has 0 amide bonds. The van der Waals surface area contributed by atoms with Crippen molar-refractivity contribution in [1.82, 2.24) is 5.32 Å². The lowest BCUT2D eigenvalue weighted by atomic mass is 10.0. The molecule has 0 aliphatic heterocycles. The minimum absolute atomic E-state index is 0.0880. The number of nitrogens with one attached hydrogen (secondary N) is 1. The molecule has 2 aromatic rings. The number of benzene rings is 2. The molecule has 0 saturated heterocycles. The lowest BCUT2D eigenvalue weighted by Gasteiger charge is -2.20. The van der Waals surface area contributed by atoms with Gasteiger partial charge >= 0.3 is 0 Å². The van der Waals surface area contributed by atoms with Gasteiger partial charge in [0.05, 0.1) is 13.2 Å². The third-order valence-electron chi connectivity index (χ3n) is 3.27. The maximum Gasteiger partial charge on any atom is 0.123 e. The molecule has 0 saturated carbocycles. The number of hydrogen-bond acceptors (Lipinski definition) is 3. The highest BCUT2D eigenvalue weighted by molar-refractivity contribution is 5.39. The second-order valence-electron chi connectivity index (χ2n) is 4.71. The summed E-state index contributed by atoms with van der Waals surface area (Å²) in [7, 11) is 3.62. The van der Waals surface area contributed by atoms with E-state index in [4.69, 9.17) is 9.47 Å². The monoisotopic (exact) mass is 271 g/mol. The highest BCUT2D eigenvalue weighted by Gasteiger charge is 2.15. The minimum atomic E-state index is 0.0880. The Labute approximate surface area is 120 Å². The first-order chi connectivity index (χ1) is 9.74. The maximum atomic E-state index is 5.83. The van der Waals surface area contributed by atoms with E-state index in [2.05, 4.69) is 18.3 Å². The summed E-state index contributed by atoms with van der Waals surface area (Å²) in [5, 5.41) is 3.29. The fourth-order valence-electron chi connectivity index (χ4n) is 2.15. The molecule has 0 aromatic heterocycles. The second kappa shape index (κ2) is 6.96. The number of rotatable bonds is 6. The van der Waals surface area contributed by atoms with Crippen molar-refractivity contribution in [3.8, 4) is 11.5 Å². The van der Waals surface area contributed by atoms with Crippen molar-refractivity contribution in [3.05, 3.63) is 59.7 Å². The second-order valence-corrected chi connectivity index (χ2v) is 4.71. The third kappa shape index (κ3) is 3.52. The summed E-state index contributed by atoms with van der Waals surface area (Å²) < 4.78 is 11.3. The van der Waals surface area contributed by atoms with Crippen molar-refractivity contribution >= 4 is 0 Å². The Morgan fingerprint density at radius 3 is 2.50 bits per heavy atom. The molecule has 0 bridgehead atoms. The smallest absolute Gasteiger partial charge is 0.123 e. The number of likely N-dealkylation sites (N-methyl/N-ethyl adjacent to an activating group) is 1. The average molecular weight is 271 g/mol. The van der Waals surface area contributed by atoms with Crippen LogP contribution in [0.2, 0.25) is 0 Å². The van der Waals surface area contributed by atoms with Gasteiger partial charge in [-0.3, -0.25) is 0 Å². The van der Waals surface area contributed by atoms with Gasteiger partial charge in [-0.15, -0.1) is 0 Å². The summed E-state index contributed by atoms with van der Waals surface area (Å²) in [6.07, 6.45) is 0. The number of para-hydroxylation sites is 1. The Bertz CT molecular complexity index is 540. The third-order valence-corrected chi connectivity index (χ3v) is 3.27. The Kier molecular flexibility index (Phi) is 5.02. The summed E-state index contributed by atoms with van der Waals surface area (Å²) in [5.41, 5.74) is 2.33. The van der Waals surface area contributed by atoms with Crippen molar-refractivity contribution in [3.63, 3.8) is 0 Å². The zero-order valence-electron chi connectivity index (χ0n) is 12.2. The number of ether oxygens (including phenoxy) is 2. The molecule has 3 heteroatoms. The van der Waals surface area contributed by atoms with Crippen LogP contribution in [0.4, 0.5) is 0 Å². The first-order valence-corrected chi connectivity index (χ1v) is 6.74. The highest BCUT2D eigenvalue weighted by atomic mass is 16.5. The van der Waals surface area contributed by atoms with Gasteiger partial charge in [0.1, 0.15) is 18.1 Å². The van der Waals surface area contributed by atoms with Gasteiger partial charge in [-0.25, -0.2) is 0 Å². The number of hydrogen-bond donors (Lipinski definition) is 1. The van der Waals surface area contributed by atoms with E-state index in [1.807, 2.05) is 49.5 Å². The lowest BCUT2D eigenvalue weighted by Crippen LogP contribution is -2.24. The van der Waals surface area contributed by atoms with Gasteiger partial charge in [-0.05, 0) is 32.2 Å². The molecule has 3 nitrogen and oxygen atoms in total. The van der Waals surface area contributed by atoms with E-state index in [-0.39, 0.29) is 6.04 Å². The standard InChI is InChI=1S/C17H21NO2/c1-13-9-10-17(19-3)15(11-13)16(18-2)12-20-14-7-5-4-6-8-14/h4-11,16,18H,12H2,1-3H3. The molecule has 0 heterocycles. The van der Waals surface area contributed by atoms with Crippen LogP contribution >= 0.6 is 0 Å². The number of methoxy groups -OCH3 is 1. The Balaban J connectivity index is 2.14. The fraction of sp³-hybridized carbons (Fsp3) is 0.294. The molecule has 2 rings (SSSR count). The predicted molar refractivity (Wildman–Crippen MR) is 81.5 cm³/mol. The van der Waals surface area contributed by atoms with E-state index >= 15 is 0 Å². The van der Waals surface area contributed by atoms with E-state index < -0.39 is 0 Å². The molecule has 0 spiro atoms. The van der Waals surface area contributed by atoms with Gasteiger partial charge in [0.15, 0.2) is 0 Å². The lowest BCUT2D eigenvalue weighted by molar-refractivity contribution is 0.269. The molecule has 106 valence electrons. The molecule has 2 aromatic carbocycles. The van der Waals surface area contributed by atoms with E-state index in [1.165, 1.54) is 5.56 Å². The van der Waals surface area contributed by atoms with Crippen LogP contribution in [0, 0.1) is 6.92 Å². The minimum Gasteiger partial charge on any atom is -0.496 e. The quantitative estimate of drug-likeness (QED) is 0.874. The van der Waals surface area contributed by atoms with Crippen LogP contribution in [0.3, 0.4) is 0 Å². The molecular formula is C17H21NO2. The van der Waals surface area contributed by atoms with Gasteiger partial charge in [0.25, 0.3) is 0 Å². The molecule has 1 atom stereocenters. The van der Waals surface area contributed by atoms with E-state index in [1.54, 1.807) is 7.11 Å². The topological polar surface area (TPSA) is 30.5 Å². The van der Waals surface area contributed by atoms with Crippen molar-refractivity contribution in [2.45, 2.75) is 13.0 Å². The van der Waals surface area contributed by atoms with Gasteiger partial charge in [-0.2, -0.15) is 0 Å². The van der Waals surface area contributed by atoms with Gasteiger partial charge < -0.3 is 14.8 Å². The largest absolute Gasteiger partial charge is 0.496 e. The van der Waals surface area contributed by atoms with Crippen LogP contribution in [-0.4, -0.2) is 20.8 Å². The van der Waals surface area contributed by atoms with Crippen molar-refractivity contribution in [1.29, 1.82) is 0 Å². The SMILES string of the molecule is CNC(COc1ccccc1)c1cc(C)ccc1OC. The van der Waals surface area contributed by atoms with Crippen LogP contribution in [0.15, 0.2) is 48.5 Å². The first kappa shape index (κ1) is 14.4. The van der Waals surface area contributed by atoms with Gasteiger partial charge in [0, 0.05) is 5.56 Å². The Morgan fingerprint density at radius 2 is 1.85 bits per heavy atom. The zero-order chi connectivity index (χ0) is 14.4. The molecular weight excluding hydrogens is 250 g/mol. The summed E-state index contributed by atoms with van der Waals surface area (Å²) in [5.74, 6) is 1.76. The van der Waals surface area contributed by atoms with E-state index in [0.717, 1.165) is 17.1 Å². The van der Waals surface area contributed by atoms with Crippen molar-refractivity contribution in [2.24, 2.45) is 0 Å². The summed E-state index contributed by atoms with van der Waals surface area (Å²) in [6.45, 7) is 2.63. The summed E-state index contributed by atoms with van der Waals surface area (Å²) in [4.78, 5) is 0. The van der Waals surface area contributed by atoms with Crippen LogP contribution in [0.5, 0.6) is 11.5 Å². The summed E-state index contributed by atoms with van der Waals surface area (Å²) >= 11 is 0. The summed E-state index contributed by atoms with van der Waals surface area (Å²) in [6, 6.07) is 16.1. The van der Waals surface area contributed by atoms with Gasteiger partial charge in [-0.1, -0.05) is 35.9 Å². The molecule has 0 fully saturated rings. The van der Waals surface area contributed by atoms with Crippen LogP contribution in [0.25, 0.3) is 0 Å². The fourth-order valence-corrected chi connectivity index (χ4v) is 2.15. The van der Waals surface area contributed by atoms with Crippen LogP contribution < -0.4 is 14.8 Å². The number of aryl methyl sites for hydroxylation is 1. The normalized spacial score (nSPS) is 11.9. The Hall–Kier alpha value is -2.00. The highest BCUT2D eigenvalue weighted by Crippen LogP contribution is 2.26. The molecule has 1 N–H and O–H groups in total. The molecule has 1 unspecified atom stereocenters. The zero-order valence-corrected chi connectivity index (χ0v) is 12.2. The van der Waals surface area contributed by atoms with Crippen molar-refractivity contribution in [2.75, 3.05) is 20.8 Å².